The zero-order valence-electron chi connectivity index (χ0n) is 9.86. The molecule has 3 nitrogen and oxygen atoms in total. The number of hydrogen-bond acceptors (Lipinski definition) is 2. The van der Waals surface area contributed by atoms with Gasteiger partial charge in [0.1, 0.15) is 0 Å². The molecular formula is C12H13BrClNO2S. The molecule has 0 saturated carbocycles. The minimum atomic E-state index is -3.37. The normalized spacial score (nSPS) is 11.0. The van der Waals surface area contributed by atoms with Crippen LogP contribution in [0.3, 0.4) is 0 Å². The van der Waals surface area contributed by atoms with Crippen LogP contribution in [0.5, 0.6) is 0 Å². The Morgan fingerprint density at radius 2 is 2.17 bits per heavy atom. The first-order valence-electron chi connectivity index (χ1n) is 5.22. The van der Waals surface area contributed by atoms with Gasteiger partial charge < -0.3 is 0 Å². The predicted octanol–water partition coefficient (Wildman–Crippen LogP) is 3.28. The van der Waals surface area contributed by atoms with Crippen molar-refractivity contribution in [2.45, 2.75) is 12.8 Å². The third kappa shape index (κ3) is 4.20. The first kappa shape index (κ1) is 15.4. The Morgan fingerprint density at radius 1 is 1.50 bits per heavy atom. The van der Waals surface area contributed by atoms with Gasteiger partial charge in [0.2, 0.25) is 10.0 Å². The van der Waals surface area contributed by atoms with E-state index in [2.05, 4.69) is 21.9 Å². The van der Waals surface area contributed by atoms with Crippen molar-refractivity contribution in [1.29, 1.82) is 0 Å². The van der Waals surface area contributed by atoms with Crippen molar-refractivity contribution in [3.8, 4) is 12.3 Å². The van der Waals surface area contributed by atoms with E-state index in [-0.39, 0.29) is 0 Å². The molecule has 0 radical (unpaired) electrons. The van der Waals surface area contributed by atoms with Gasteiger partial charge in [-0.15, -0.1) is 12.3 Å². The Balaban J connectivity index is 3.07. The summed E-state index contributed by atoms with van der Waals surface area (Å²) in [6, 6.07) is 5.08. The second-order valence-electron chi connectivity index (χ2n) is 3.74. The molecule has 0 atom stereocenters. The molecule has 0 N–H and O–H groups in total. The first-order chi connectivity index (χ1) is 8.36. The maximum atomic E-state index is 11.8. The van der Waals surface area contributed by atoms with E-state index < -0.39 is 10.0 Å². The van der Waals surface area contributed by atoms with E-state index >= 15 is 0 Å². The quantitative estimate of drug-likeness (QED) is 0.603. The van der Waals surface area contributed by atoms with Crippen LogP contribution in [0, 0.1) is 12.3 Å². The molecule has 1 rings (SSSR count). The van der Waals surface area contributed by atoms with E-state index in [1.54, 1.807) is 18.2 Å². The van der Waals surface area contributed by atoms with Crippen molar-refractivity contribution in [3.63, 3.8) is 0 Å². The van der Waals surface area contributed by atoms with Crippen LogP contribution >= 0.6 is 27.5 Å². The van der Waals surface area contributed by atoms with Gasteiger partial charge in [-0.3, -0.25) is 4.31 Å². The van der Waals surface area contributed by atoms with Crippen molar-refractivity contribution in [1.82, 2.24) is 0 Å². The Kier molecular flexibility index (Phi) is 5.51. The second kappa shape index (κ2) is 6.46. The molecule has 0 aliphatic heterocycles. The summed E-state index contributed by atoms with van der Waals surface area (Å²) in [5.74, 6) is 2.49. The molecule has 98 valence electrons. The highest BCUT2D eigenvalue weighted by Gasteiger charge is 2.19. The van der Waals surface area contributed by atoms with Crippen molar-refractivity contribution >= 4 is 43.2 Å². The Labute approximate surface area is 121 Å². The van der Waals surface area contributed by atoms with Crippen LogP contribution in [-0.4, -0.2) is 21.2 Å². The third-order valence-corrected chi connectivity index (χ3v) is 4.24. The summed E-state index contributed by atoms with van der Waals surface area (Å²) < 4.78 is 25.6. The van der Waals surface area contributed by atoms with Gasteiger partial charge in [0.15, 0.2) is 0 Å². The average Bonchev–Trinajstić information content (AvgIpc) is 2.24. The number of rotatable bonds is 5. The highest BCUT2D eigenvalue weighted by molar-refractivity contribution is 9.10. The summed E-state index contributed by atoms with van der Waals surface area (Å²) in [5.41, 5.74) is 0.472. The fourth-order valence-electron chi connectivity index (χ4n) is 1.47. The number of hydrogen-bond donors (Lipinski definition) is 0. The Hall–Kier alpha value is -0.700. The molecule has 0 aliphatic carbocycles. The van der Waals surface area contributed by atoms with Gasteiger partial charge in [0, 0.05) is 17.4 Å². The molecule has 0 spiro atoms. The number of anilines is 1. The predicted molar refractivity (Wildman–Crippen MR) is 79.4 cm³/mol. The molecule has 0 unspecified atom stereocenters. The van der Waals surface area contributed by atoms with Crippen LogP contribution in [0.25, 0.3) is 0 Å². The van der Waals surface area contributed by atoms with Gasteiger partial charge >= 0.3 is 0 Å². The van der Waals surface area contributed by atoms with E-state index in [4.69, 9.17) is 18.0 Å². The van der Waals surface area contributed by atoms with Crippen molar-refractivity contribution in [2.24, 2.45) is 0 Å². The number of benzene rings is 1. The number of nitrogens with zero attached hydrogens (tertiary/aromatic N) is 1. The zero-order valence-corrected chi connectivity index (χ0v) is 13.0. The topological polar surface area (TPSA) is 37.4 Å². The standard InChI is InChI=1S/C12H13BrClNO2S/c1-3-4-5-8-15(18(2,16)17)12-7-6-10(13)9-11(12)14/h1,6-7,9H,4-5,8H2,2H3. The molecular weight excluding hydrogens is 338 g/mol. The van der Waals surface area contributed by atoms with Crippen molar-refractivity contribution < 1.29 is 8.42 Å². The highest BCUT2D eigenvalue weighted by atomic mass is 79.9. The summed E-state index contributed by atoms with van der Waals surface area (Å²) in [5, 5.41) is 0.385. The smallest absolute Gasteiger partial charge is 0.232 e. The van der Waals surface area contributed by atoms with Gasteiger partial charge in [-0.2, -0.15) is 0 Å². The molecule has 0 bridgehead atoms. The summed E-state index contributed by atoms with van der Waals surface area (Å²) in [6.45, 7) is 0.324. The summed E-state index contributed by atoms with van der Waals surface area (Å²) >= 11 is 9.35. The van der Waals surface area contributed by atoms with Crippen molar-refractivity contribution in [2.75, 3.05) is 17.1 Å². The molecule has 0 amide bonds. The van der Waals surface area contributed by atoms with Crippen LogP contribution in [0.15, 0.2) is 22.7 Å². The fraction of sp³-hybridized carbons (Fsp3) is 0.333. The molecule has 0 heterocycles. The van der Waals surface area contributed by atoms with Gasteiger partial charge in [0.25, 0.3) is 0 Å². The highest BCUT2D eigenvalue weighted by Crippen LogP contribution is 2.30. The van der Waals surface area contributed by atoms with Crippen LogP contribution < -0.4 is 4.31 Å². The molecule has 0 aliphatic rings. The molecule has 18 heavy (non-hydrogen) atoms. The lowest BCUT2D eigenvalue weighted by molar-refractivity contribution is 0.595. The molecule has 1 aromatic rings. The Bertz CT molecular complexity index is 566. The Morgan fingerprint density at radius 3 is 2.67 bits per heavy atom. The molecule has 0 fully saturated rings. The molecule has 6 heteroatoms. The zero-order chi connectivity index (χ0) is 13.8. The average molecular weight is 351 g/mol. The fourth-order valence-corrected chi connectivity index (χ4v) is 3.28. The van der Waals surface area contributed by atoms with Crippen LogP contribution in [-0.2, 0) is 10.0 Å². The molecule has 0 saturated heterocycles. The minimum Gasteiger partial charge on any atom is -0.269 e. The lowest BCUT2D eigenvalue weighted by Crippen LogP contribution is -2.31. The lowest BCUT2D eigenvalue weighted by atomic mass is 10.3. The van der Waals surface area contributed by atoms with E-state index in [0.29, 0.717) is 30.1 Å². The monoisotopic (exact) mass is 349 g/mol. The van der Waals surface area contributed by atoms with E-state index in [0.717, 1.165) is 10.7 Å². The van der Waals surface area contributed by atoms with Crippen LogP contribution in [0.4, 0.5) is 5.69 Å². The van der Waals surface area contributed by atoms with Gasteiger partial charge in [-0.1, -0.05) is 27.5 Å². The number of halogens is 2. The van der Waals surface area contributed by atoms with Gasteiger partial charge in [-0.05, 0) is 24.6 Å². The minimum absolute atomic E-state index is 0.324. The number of unbranched alkanes of at least 4 members (excludes halogenated alkanes) is 1. The number of terminal acetylenes is 1. The number of sulfonamides is 1. The lowest BCUT2D eigenvalue weighted by Gasteiger charge is -2.23. The van der Waals surface area contributed by atoms with Crippen LogP contribution in [0.1, 0.15) is 12.8 Å². The van der Waals surface area contributed by atoms with Crippen LogP contribution in [0.2, 0.25) is 5.02 Å². The maximum Gasteiger partial charge on any atom is 0.232 e. The first-order valence-corrected chi connectivity index (χ1v) is 8.24. The van der Waals surface area contributed by atoms with E-state index in [9.17, 15) is 8.42 Å². The SMILES string of the molecule is C#CCCCN(c1ccc(Br)cc1Cl)S(C)(=O)=O. The third-order valence-electron chi connectivity index (χ3n) is 2.26. The largest absolute Gasteiger partial charge is 0.269 e. The summed E-state index contributed by atoms with van der Waals surface area (Å²) in [6.07, 6.45) is 7.44. The summed E-state index contributed by atoms with van der Waals surface area (Å²) in [4.78, 5) is 0. The maximum absolute atomic E-state index is 11.8. The second-order valence-corrected chi connectivity index (χ2v) is 6.97. The van der Waals surface area contributed by atoms with Crippen molar-refractivity contribution in [3.05, 3.63) is 27.7 Å². The van der Waals surface area contributed by atoms with Gasteiger partial charge in [0.05, 0.1) is 17.0 Å². The van der Waals surface area contributed by atoms with E-state index in [1.165, 1.54) is 4.31 Å². The van der Waals surface area contributed by atoms with E-state index in [1.807, 2.05) is 0 Å². The summed E-state index contributed by atoms with van der Waals surface area (Å²) in [7, 11) is -3.37. The molecule has 1 aromatic carbocycles. The molecule has 0 aromatic heterocycles. The van der Waals surface area contributed by atoms with Gasteiger partial charge in [-0.25, -0.2) is 8.42 Å².